The van der Waals surface area contributed by atoms with Crippen LogP contribution >= 0.6 is 22.6 Å². The molecule has 1 aromatic carbocycles. The van der Waals surface area contributed by atoms with E-state index in [1.54, 1.807) is 0 Å². The largest absolute Gasteiger partial charge is 0.431 e. The standard InChI is InChI=1S/C11H8F7IO/c12-9(10(13,14)15,11(16,17)18)5-8(20)6-1-3-7(19)4-2-6/h1-4,8,20H,5H2. The monoisotopic (exact) mass is 416 g/mol. The van der Waals surface area contributed by atoms with E-state index in [1.165, 1.54) is 12.1 Å². The molecule has 20 heavy (non-hydrogen) atoms. The van der Waals surface area contributed by atoms with Crippen molar-refractivity contribution in [2.45, 2.75) is 30.5 Å². The maximum absolute atomic E-state index is 13.4. The number of aliphatic hydroxyl groups is 1. The zero-order valence-corrected chi connectivity index (χ0v) is 11.7. The van der Waals surface area contributed by atoms with Crippen molar-refractivity contribution in [1.29, 1.82) is 0 Å². The van der Waals surface area contributed by atoms with Gasteiger partial charge in [-0.15, -0.1) is 0 Å². The lowest BCUT2D eigenvalue weighted by atomic mass is 9.93. The van der Waals surface area contributed by atoms with Crippen LogP contribution in [-0.2, 0) is 0 Å². The number of hydrogen-bond donors (Lipinski definition) is 1. The lowest BCUT2D eigenvalue weighted by Crippen LogP contribution is -2.54. The van der Waals surface area contributed by atoms with E-state index in [9.17, 15) is 35.8 Å². The van der Waals surface area contributed by atoms with Crippen LogP contribution in [0.4, 0.5) is 30.7 Å². The summed E-state index contributed by atoms with van der Waals surface area (Å²) in [6, 6.07) is 5.03. The molecule has 1 aromatic rings. The van der Waals surface area contributed by atoms with Gasteiger partial charge in [-0.05, 0) is 40.3 Å². The molecule has 0 bridgehead atoms. The van der Waals surface area contributed by atoms with Crippen LogP contribution in [0.2, 0.25) is 0 Å². The minimum atomic E-state index is -6.16. The van der Waals surface area contributed by atoms with Gasteiger partial charge in [0.2, 0.25) is 0 Å². The van der Waals surface area contributed by atoms with Crippen molar-refractivity contribution in [2.75, 3.05) is 0 Å². The first-order chi connectivity index (χ1) is 8.88. The van der Waals surface area contributed by atoms with E-state index in [1.807, 2.05) is 22.6 Å². The first kappa shape index (κ1) is 17.5. The highest BCUT2D eigenvalue weighted by atomic mass is 127. The van der Waals surface area contributed by atoms with Crippen molar-refractivity contribution < 1.29 is 35.8 Å². The fourth-order valence-electron chi connectivity index (χ4n) is 1.46. The fraction of sp³-hybridized carbons (Fsp3) is 0.455. The number of aliphatic hydroxyl groups excluding tert-OH is 1. The summed E-state index contributed by atoms with van der Waals surface area (Å²) in [7, 11) is 0. The van der Waals surface area contributed by atoms with E-state index in [4.69, 9.17) is 0 Å². The van der Waals surface area contributed by atoms with Crippen molar-refractivity contribution in [3.8, 4) is 0 Å². The van der Waals surface area contributed by atoms with Gasteiger partial charge in [0, 0.05) is 9.99 Å². The molecule has 0 aliphatic rings. The van der Waals surface area contributed by atoms with Crippen LogP contribution in [-0.4, -0.2) is 23.1 Å². The highest BCUT2D eigenvalue weighted by Crippen LogP contribution is 2.50. The minimum Gasteiger partial charge on any atom is -0.388 e. The molecular weight excluding hydrogens is 408 g/mol. The van der Waals surface area contributed by atoms with Crippen LogP contribution < -0.4 is 0 Å². The van der Waals surface area contributed by atoms with Crippen molar-refractivity contribution in [3.63, 3.8) is 0 Å². The van der Waals surface area contributed by atoms with Crippen LogP contribution in [0.5, 0.6) is 0 Å². The number of halogens is 8. The minimum absolute atomic E-state index is 0.221. The second kappa shape index (κ2) is 5.66. The molecule has 0 radical (unpaired) electrons. The molecule has 0 fully saturated rings. The summed E-state index contributed by atoms with van der Waals surface area (Å²) in [5.74, 6) is 0. The van der Waals surface area contributed by atoms with Gasteiger partial charge in [-0.3, -0.25) is 0 Å². The molecule has 1 unspecified atom stereocenters. The quantitative estimate of drug-likeness (QED) is 0.567. The van der Waals surface area contributed by atoms with Crippen molar-refractivity contribution in [2.24, 2.45) is 0 Å². The fourth-order valence-corrected chi connectivity index (χ4v) is 1.82. The molecule has 0 saturated heterocycles. The molecule has 9 heteroatoms. The van der Waals surface area contributed by atoms with Crippen LogP contribution in [0.1, 0.15) is 18.1 Å². The van der Waals surface area contributed by atoms with E-state index in [2.05, 4.69) is 0 Å². The second-order valence-electron chi connectivity index (χ2n) is 4.07. The van der Waals surface area contributed by atoms with E-state index < -0.39 is 30.5 Å². The number of rotatable bonds is 3. The van der Waals surface area contributed by atoms with Gasteiger partial charge in [0.1, 0.15) is 0 Å². The van der Waals surface area contributed by atoms with Crippen LogP contribution in [0, 0.1) is 3.57 Å². The molecule has 0 saturated carbocycles. The topological polar surface area (TPSA) is 20.2 Å². The lowest BCUT2D eigenvalue weighted by Gasteiger charge is -2.31. The van der Waals surface area contributed by atoms with Gasteiger partial charge < -0.3 is 5.11 Å². The Balaban J connectivity index is 3.05. The molecule has 0 amide bonds. The van der Waals surface area contributed by atoms with E-state index in [0.717, 1.165) is 12.1 Å². The van der Waals surface area contributed by atoms with Crippen LogP contribution in [0.25, 0.3) is 0 Å². The average Bonchev–Trinajstić information content (AvgIpc) is 2.26. The van der Waals surface area contributed by atoms with Crippen molar-refractivity contribution in [1.82, 2.24) is 0 Å². The molecule has 1 nitrogen and oxygen atoms in total. The SMILES string of the molecule is OC(CC(F)(C(F)(F)F)C(F)(F)F)c1ccc(I)cc1. The molecule has 0 spiro atoms. The summed E-state index contributed by atoms with van der Waals surface area (Å²) in [6.45, 7) is 0. The molecular formula is C11H8F7IO. The molecule has 0 aromatic heterocycles. The normalized spacial score (nSPS) is 15.2. The first-order valence-electron chi connectivity index (χ1n) is 5.14. The highest BCUT2D eigenvalue weighted by Gasteiger charge is 2.72. The van der Waals surface area contributed by atoms with Crippen molar-refractivity contribution in [3.05, 3.63) is 33.4 Å². The first-order valence-corrected chi connectivity index (χ1v) is 6.22. The van der Waals surface area contributed by atoms with Gasteiger partial charge in [-0.2, -0.15) is 26.3 Å². The summed E-state index contributed by atoms with van der Waals surface area (Å²) < 4.78 is 88.1. The van der Waals surface area contributed by atoms with Gasteiger partial charge in [0.05, 0.1) is 6.10 Å². The summed E-state index contributed by atoms with van der Waals surface area (Å²) >= 11 is 1.86. The van der Waals surface area contributed by atoms with E-state index >= 15 is 0 Å². The smallest absolute Gasteiger partial charge is 0.388 e. The summed E-state index contributed by atoms with van der Waals surface area (Å²) in [6.07, 6.45) is -16.7. The predicted octanol–water partition coefficient (Wildman–Crippen LogP) is 4.55. The van der Waals surface area contributed by atoms with E-state index in [-0.39, 0.29) is 5.56 Å². The van der Waals surface area contributed by atoms with Crippen LogP contribution in [0.3, 0.4) is 0 Å². The Kier molecular flexibility index (Phi) is 4.95. The number of hydrogen-bond acceptors (Lipinski definition) is 1. The Hall–Kier alpha value is -0.580. The maximum Gasteiger partial charge on any atom is 0.431 e. The zero-order chi connectivity index (χ0) is 15.8. The van der Waals surface area contributed by atoms with Gasteiger partial charge in [0.15, 0.2) is 0 Å². The second-order valence-corrected chi connectivity index (χ2v) is 5.31. The Morgan fingerprint density at radius 1 is 0.900 bits per heavy atom. The third kappa shape index (κ3) is 3.54. The molecule has 0 heterocycles. The number of alkyl halides is 7. The zero-order valence-electron chi connectivity index (χ0n) is 9.56. The number of benzene rings is 1. The Bertz CT molecular complexity index is 437. The third-order valence-electron chi connectivity index (χ3n) is 2.63. The Morgan fingerprint density at radius 2 is 1.30 bits per heavy atom. The third-order valence-corrected chi connectivity index (χ3v) is 3.35. The maximum atomic E-state index is 13.4. The lowest BCUT2D eigenvalue weighted by molar-refractivity contribution is -0.347. The molecule has 1 N–H and O–H groups in total. The van der Waals surface area contributed by atoms with Gasteiger partial charge in [-0.25, -0.2) is 4.39 Å². The van der Waals surface area contributed by atoms with Crippen molar-refractivity contribution >= 4 is 22.6 Å². The summed E-state index contributed by atoms with van der Waals surface area (Å²) in [5, 5.41) is 9.43. The average molecular weight is 416 g/mol. The predicted molar refractivity (Wildman–Crippen MR) is 64.7 cm³/mol. The molecule has 0 aliphatic heterocycles. The summed E-state index contributed by atoms with van der Waals surface area (Å²) in [5.41, 5.74) is -5.68. The van der Waals surface area contributed by atoms with Crippen LogP contribution in [0.15, 0.2) is 24.3 Å². The summed E-state index contributed by atoms with van der Waals surface area (Å²) in [4.78, 5) is 0. The molecule has 0 aliphatic carbocycles. The van der Waals surface area contributed by atoms with Gasteiger partial charge in [-0.1, -0.05) is 12.1 Å². The molecule has 1 rings (SSSR count). The molecule has 114 valence electrons. The van der Waals surface area contributed by atoms with Gasteiger partial charge in [0.25, 0.3) is 0 Å². The van der Waals surface area contributed by atoms with E-state index in [0.29, 0.717) is 3.57 Å². The Labute approximate surface area is 122 Å². The highest BCUT2D eigenvalue weighted by molar-refractivity contribution is 14.1. The molecule has 1 atom stereocenters. The Morgan fingerprint density at radius 3 is 1.65 bits per heavy atom. The van der Waals surface area contributed by atoms with Gasteiger partial charge >= 0.3 is 18.0 Å².